The molecule has 6 nitrogen and oxygen atoms in total. The van der Waals surface area contributed by atoms with Gasteiger partial charge < -0.3 is 9.09 Å². The number of halogens is 2. The number of rotatable bonds is 3. The Balaban J connectivity index is 1.45. The van der Waals surface area contributed by atoms with Crippen molar-refractivity contribution in [1.82, 2.24) is 24.6 Å². The Morgan fingerprint density at radius 2 is 1.96 bits per heavy atom. The fraction of sp³-hybridized carbons (Fsp3) is 0.438. The molecule has 3 aromatic rings. The maximum Gasteiger partial charge on any atom is 0.229 e. The van der Waals surface area contributed by atoms with E-state index in [4.69, 9.17) is 4.52 Å². The van der Waals surface area contributed by atoms with Crippen LogP contribution >= 0.6 is 0 Å². The van der Waals surface area contributed by atoms with Crippen LogP contribution in [-0.2, 0) is 6.67 Å². The lowest BCUT2D eigenvalue weighted by molar-refractivity contribution is 0.160. The number of fused-ring (bicyclic) bond motifs is 1. The molecule has 0 atom stereocenters. The van der Waals surface area contributed by atoms with Crippen LogP contribution < -0.4 is 0 Å². The van der Waals surface area contributed by atoms with Gasteiger partial charge in [-0.25, -0.2) is 13.8 Å². The van der Waals surface area contributed by atoms with Gasteiger partial charge in [-0.1, -0.05) is 5.16 Å². The van der Waals surface area contributed by atoms with Gasteiger partial charge in [0.05, 0.1) is 24.0 Å². The number of hydrogen-bond acceptors (Lipinski definition) is 5. The van der Waals surface area contributed by atoms with Crippen molar-refractivity contribution in [2.24, 2.45) is 0 Å². The van der Waals surface area contributed by atoms with Crippen LogP contribution in [-0.4, -0.2) is 37.7 Å². The third-order valence-corrected chi connectivity index (χ3v) is 4.50. The molecule has 0 saturated carbocycles. The number of benzene rings is 1. The van der Waals surface area contributed by atoms with Crippen LogP contribution in [0, 0.1) is 18.6 Å². The van der Waals surface area contributed by atoms with Gasteiger partial charge in [-0.15, -0.1) is 0 Å². The van der Waals surface area contributed by atoms with Gasteiger partial charge in [-0.2, -0.15) is 4.98 Å². The normalized spacial score (nSPS) is 17.0. The fourth-order valence-electron chi connectivity index (χ4n) is 3.18. The number of nitrogens with zero attached hydrogens (tertiary/aromatic N) is 5. The van der Waals surface area contributed by atoms with Gasteiger partial charge in [0.1, 0.15) is 0 Å². The topological polar surface area (TPSA) is 60.0 Å². The Hall–Kier alpha value is -2.35. The van der Waals surface area contributed by atoms with Crippen LogP contribution in [0.25, 0.3) is 11.0 Å². The quantitative estimate of drug-likeness (QED) is 0.738. The molecule has 0 amide bonds. The maximum atomic E-state index is 13.5. The van der Waals surface area contributed by atoms with Crippen LogP contribution in [0.1, 0.15) is 30.5 Å². The van der Waals surface area contributed by atoms with E-state index in [2.05, 4.69) is 20.0 Å². The molecular weight excluding hydrogens is 316 g/mol. The van der Waals surface area contributed by atoms with Crippen LogP contribution in [0.3, 0.4) is 0 Å². The zero-order valence-corrected chi connectivity index (χ0v) is 13.2. The summed E-state index contributed by atoms with van der Waals surface area (Å²) in [5.74, 6) is -0.0731. The first kappa shape index (κ1) is 15.2. The van der Waals surface area contributed by atoms with Gasteiger partial charge in [0, 0.05) is 31.1 Å². The van der Waals surface area contributed by atoms with E-state index in [0.717, 1.165) is 32.0 Å². The molecule has 0 bridgehead atoms. The van der Waals surface area contributed by atoms with Crippen LogP contribution in [0.15, 0.2) is 23.0 Å². The first-order valence-electron chi connectivity index (χ1n) is 7.92. The van der Waals surface area contributed by atoms with E-state index in [0.29, 0.717) is 29.4 Å². The summed E-state index contributed by atoms with van der Waals surface area (Å²) >= 11 is 0. The third-order valence-electron chi connectivity index (χ3n) is 4.50. The summed E-state index contributed by atoms with van der Waals surface area (Å²) < 4.78 is 33.8. The Labute approximate surface area is 137 Å². The van der Waals surface area contributed by atoms with E-state index in [1.54, 1.807) is 6.33 Å². The molecule has 1 aliphatic rings. The minimum absolute atomic E-state index is 0.286. The van der Waals surface area contributed by atoms with Crippen molar-refractivity contribution >= 4 is 11.0 Å². The van der Waals surface area contributed by atoms with Gasteiger partial charge >= 0.3 is 0 Å². The van der Waals surface area contributed by atoms with Crippen LogP contribution in [0.5, 0.6) is 0 Å². The summed E-state index contributed by atoms with van der Waals surface area (Å²) in [5, 5.41) is 3.84. The standard InChI is InChI=1S/C16H17F2N5O/c1-10-20-16(24-21-10)11-2-4-22(5-3-11)9-23-8-19-14-6-12(17)13(18)7-15(14)23/h6-8,11H,2-5,9H2,1H3. The van der Waals surface area contributed by atoms with Gasteiger partial charge in [0.25, 0.3) is 0 Å². The van der Waals surface area contributed by atoms with Gasteiger partial charge in [-0.3, -0.25) is 4.90 Å². The number of aryl methyl sites for hydroxylation is 1. The molecule has 0 unspecified atom stereocenters. The largest absolute Gasteiger partial charge is 0.339 e. The zero-order chi connectivity index (χ0) is 16.7. The highest BCUT2D eigenvalue weighted by Gasteiger charge is 2.25. The first-order valence-corrected chi connectivity index (χ1v) is 7.92. The minimum atomic E-state index is -0.872. The highest BCUT2D eigenvalue weighted by atomic mass is 19.2. The summed E-state index contributed by atoms with van der Waals surface area (Å²) in [6.45, 7) is 4.15. The van der Waals surface area contributed by atoms with E-state index in [9.17, 15) is 8.78 Å². The molecule has 3 heterocycles. The Morgan fingerprint density at radius 3 is 2.67 bits per heavy atom. The van der Waals surface area contributed by atoms with Crippen molar-refractivity contribution in [3.05, 3.63) is 41.8 Å². The lowest BCUT2D eigenvalue weighted by Gasteiger charge is -2.30. The summed E-state index contributed by atoms with van der Waals surface area (Å²) in [6, 6.07) is 2.33. The third kappa shape index (κ3) is 2.77. The predicted octanol–water partition coefficient (Wildman–Crippen LogP) is 2.84. The monoisotopic (exact) mass is 333 g/mol. The van der Waals surface area contributed by atoms with Crippen molar-refractivity contribution < 1.29 is 13.3 Å². The summed E-state index contributed by atoms with van der Waals surface area (Å²) in [5.41, 5.74) is 1.06. The molecule has 1 aliphatic heterocycles. The fourth-order valence-corrected chi connectivity index (χ4v) is 3.18. The molecule has 126 valence electrons. The van der Waals surface area contributed by atoms with E-state index >= 15 is 0 Å². The van der Waals surface area contributed by atoms with E-state index in [1.165, 1.54) is 6.07 Å². The molecule has 4 rings (SSSR count). The van der Waals surface area contributed by atoms with Gasteiger partial charge in [-0.05, 0) is 19.8 Å². The molecular formula is C16H17F2N5O. The van der Waals surface area contributed by atoms with E-state index < -0.39 is 11.6 Å². The summed E-state index contributed by atoms with van der Waals surface area (Å²) in [7, 11) is 0. The van der Waals surface area contributed by atoms with Crippen molar-refractivity contribution in [2.75, 3.05) is 13.1 Å². The Morgan fingerprint density at radius 1 is 1.21 bits per heavy atom. The number of aromatic nitrogens is 4. The minimum Gasteiger partial charge on any atom is -0.339 e. The van der Waals surface area contributed by atoms with Crippen molar-refractivity contribution in [2.45, 2.75) is 32.4 Å². The number of piperidine rings is 1. The number of likely N-dealkylation sites (tertiary alicyclic amines) is 1. The van der Waals surface area contributed by atoms with Crippen molar-refractivity contribution in [1.29, 1.82) is 0 Å². The van der Waals surface area contributed by atoms with Crippen molar-refractivity contribution in [3.8, 4) is 0 Å². The summed E-state index contributed by atoms with van der Waals surface area (Å²) in [6.07, 6.45) is 3.48. The van der Waals surface area contributed by atoms with E-state index in [1.807, 2.05) is 11.5 Å². The average molecular weight is 333 g/mol. The molecule has 1 fully saturated rings. The molecule has 0 aliphatic carbocycles. The van der Waals surface area contributed by atoms with Crippen LogP contribution in [0.4, 0.5) is 8.78 Å². The summed E-state index contributed by atoms with van der Waals surface area (Å²) in [4.78, 5) is 10.7. The maximum absolute atomic E-state index is 13.5. The average Bonchev–Trinajstić information content (AvgIpc) is 3.16. The lowest BCUT2D eigenvalue weighted by Crippen LogP contribution is -2.34. The molecule has 1 aromatic carbocycles. The number of imidazole rings is 1. The van der Waals surface area contributed by atoms with Crippen LogP contribution in [0.2, 0.25) is 0 Å². The Kier molecular flexibility index (Phi) is 3.76. The second kappa shape index (κ2) is 5.94. The second-order valence-electron chi connectivity index (χ2n) is 6.18. The molecule has 1 saturated heterocycles. The molecule has 0 radical (unpaired) electrons. The SMILES string of the molecule is Cc1noc(C2CCN(Cn3cnc4cc(F)c(F)cc43)CC2)n1. The smallest absolute Gasteiger partial charge is 0.229 e. The molecule has 0 N–H and O–H groups in total. The molecule has 8 heteroatoms. The highest BCUT2D eigenvalue weighted by Crippen LogP contribution is 2.27. The number of hydrogen-bond donors (Lipinski definition) is 0. The molecule has 0 spiro atoms. The predicted molar refractivity (Wildman–Crippen MR) is 82.2 cm³/mol. The van der Waals surface area contributed by atoms with Gasteiger partial charge in [0.15, 0.2) is 17.5 Å². The molecule has 24 heavy (non-hydrogen) atoms. The molecule has 2 aromatic heterocycles. The second-order valence-corrected chi connectivity index (χ2v) is 6.18. The van der Waals surface area contributed by atoms with Crippen molar-refractivity contribution in [3.63, 3.8) is 0 Å². The lowest BCUT2D eigenvalue weighted by atomic mass is 9.97. The first-order chi connectivity index (χ1) is 11.6. The van der Waals surface area contributed by atoms with Gasteiger partial charge in [0.2, 0.25) is 5.89 Å². The highest BCUT2D eigenvalue weighted by molar-refractivity contribution is 5.75. The Bertz CT molecular complexity index is 867. The van der Waals surface area contributed by atoms with E-state index in [-0.39, 0.29) is 5.92 Å². The zero-order valence-electron chi connectivity index (χ0n) is 13.2.